The first kappa shape index (κ1) is 12.2. The van der Waals surface area contributed by atoms with Crippen LogP contribution in [0, 0.1) is 0 Å². The van der Waals surface area contributed by atoms with E-state index >= 15 is 0 Å². The molecule has 0 atom stereocenters. The molecule has 0 saturated carbocycles. The Labute approximate surface area is 106 Å². The summed E-state index contributed by atoms with van der Waals surface area (Å²) < 4.78 is 2.17. The van der Waals surface area contributed by atoms with E-state index in [0.29, 0.717) is 0 Å². The number of nitrogens with one attached hydrogen (secondary N) is 2. The molecule has 0 saturated heterocycles. The average molecular weight is 313 g/mol. The molecule has 0 bridgehead atoms. The SMILES string of the molecule is O=c1ccn(C(=[Se])n2ccc(=O)[nH]c2=O)c(=O)[nH]1. The van der Waals surface area contributed by atoms with Gasteiger partial charge in [-0.1, -0.05) is 0 Å². The van der Waals surface area contributed by atoms with Gasteiger partial charge in [0.05, 0.1) is 0 Å². The van der Waals surface area contributed by atoms with Crippen LogP contribution in [0.4, 0.5) is 0 Å². The maximum absolute atomic E-state index is 11.5. The Bertz CT molecular complexity index is 771. The van der Waals surface area contributed by atoms with Crippen molar-refractivity contribution < 1.29 is 0 Å². The van der Waals surface area contributed by atoms with Crippen molar-refractivity contribution in [3.63, 3.8) is 0 Å². The molecule has 0 radical (unpaired) electrons. The molecule has 2 aromatic rings. The summed E-state index contributed by atoms with van der Waals surface area (Å²) in [6.07, 6.45) is 2.43. The first-order chi connectivity index (χ1) is 8.49. The van der Waals surface area contributed by atoms with Gasteiger partial charge < -0.3 is 0 Å². The van der Waals surface area contributed by atoms with Gasteiger partial charge >= 0.3 is 106 Å². The Morgan fingerprint density at radius 1 is 0.889 bits per heavy atom. The van der Waals surface area contributed by atoms with Gasteiger partial charge in [0, 0.05) is 0 Å². The first-order valence-corrected chi connectivity index (χ1v) is 5.53. The second kappa shape index (κ2) is 4.55. The summed E-state index contributed by atoms with van der Waals surface area (Å²) in [4.78, 5) is 48.9. The molecule has 0 fully saturated rings. The van der Waals surface area contributed by atoms with Crippen molar-refractivity contribution in [1.82, 2.24) is 19.1 Å². The summed E-state index contributed by atoms with van der Waals surface area (Å²) in [5, 5.41) is 0. The predicted octanol–water partition coefficient (Wildman–Crippen LogP) is -2.96. The monoisotopic (exact) mass is 314 g/mol. The molecular weight excluding hydrogens is 307 g/mol. The fraction of sp³-hybridized carbons (Fsp3) is 0. The standard InChI is InChI=1S/C9H6N4O4Se/c14-5-1-3-12(7(16)10-5)9(18)13-4-2-6(15)11-8(13)17/h1-4H,(H,10,14,16)(H,11,15,17). The molecule has 2 rings (SSSR count). The number of H-pyrrole nitrogens is 2. The maximum atomic E-state index is 11.5. The van der Waals surface area contributed by atoms with Crippen LogP contribution in [-0.4, -0.2) is 39.3 Å². The molecule has 9 heteroatoms. The minimum atomic E-state index is -0.700. The van der Waals surface area contributed by atoms with Gasteiger partial charge in [-0.05, 0) is 0 Å². The molecule has 0 aromatic carbocycles. The fourth-order valence-corrected chi connectivity index (χ4v) is 1.86. The van der Waals surface area contributed by atoms with Crippen molar-refractivity contribution in [3.05, 3.63) is 66.2 Å². The summed E-state index contributed by atoms with van der Waals surface area (Å²) in [6, 6.07) is 2.27. The van der Waals surface area contributed by atoms with Crippen LogP contribution in [0.2, 0.25) is 0 Å². The number of rotatable bonds is 2. The fourth-order valence-electron chi connectivity index (χ4n) is 1.25. The second-order valence-electron chi connectivity index (χ2n) is 3.24. The molecule has 18 heavy (non-hydrogen) atoms. The van der Waals surface area contributed by atoms with Crippen LogP contribution < -0.4 is 22.5 Å². The molecule has 0 aliphatic rings. The van der Waals surface area contributed by atoms with E-state index in [-0.39, 0.29) is 4.67 Å². The van der Waals surface area contributed by atoms with Crippen molar-refractivity contribution in [2.24, 2.45) is 0 Å². The van der Waals surface area contributed by atoms with Gasteiger partial charge in [0.15, 0.2) is 0 Å². The van der Waals surface area contributed by atoms with Gasteiger partial charge in [-0.2, -0.15) is 0 Å². The molecular formula is C9H6N4O4Se. The summed E-state index contributed by atoms with van der Waals surface area (Å²) in [5.74, 6) is 0. The third-order valence-corrected chi connectivity index (χ3v) is 2.89. The van der Waals surface area contributed by atoms with Crippen LogP contribution in [-0.2, 0) is 0 Å². The Kier molecular flexibility index (Phi) is 3.09. The summed E-state index contributed by atoms with van der Waals surface area (Å²) in [5.41, 5.74) is -2.49. The zero-order valence-corrected chi connectivity index (χ0v) is 10.5. The van der Waals surface area contributed by atoms with E-state index in [1.54, 1.807) is 0 Å². The Morgan fingerprint density at radius 3 is 1.61 bits per heavy atom. The number of aromatic amines is 2. The molecule has 0 unspecified atom stereocenters. The minimum absolute atomic E-state index is 0.109. The van der Waals surface area contributed by atoms with Gasteiger partial charge in [-0.25, -0.2) is 0 Å². The van der Waals surface area contributed by atoms with E-state index in [1.165, 1.54) is 12.4 Å². The Balaban J connectivity index is 2.62. The molecule has 2 aromatic heterocycles. The number of hydrogen-bond donors (Lipinski definition) is 2. The summed E-state index contributed by atoms with van der Waals surface area (Å²) in [6.45, 7) is 0. The summed E-state index contributed by atoms with van der Waals surface area (Å²) >= 11 is 2.53. The van der Waals surface area contributed by atoms with E-state index in [2.05, 4.69) is 15.6 Å². The molecule has 0 spiro atoms. The van der Waals surface area contributed by atoms with Crippen molar-refractivity contribution in [2.75, 3.05) is 0 Å². The molecule has 0 aliphatic carbocycles. The number of aromatic nitrogens is 4. The molecule has 2 N–H and O–H groups in total. The average Bonchev–Trinajstić information content (AvgIpc) is 2.28. The Morgan fingerprint density at radius 2 is 1.28 bits per heavy atom. The van der Waals surface area contributed by atoms with Gasteiger partial charge in [0.1, 0.15) is 0 Å². The topological polar surface area (TPSA) is 110 Å². The number of hydrogen-bond acceptors (Lipinski definition) is 4. The quantitative estimate of drug-likeness (QED) is 0.577. The van der Waals surface area contributed by atoms with Gasteiger partial charge in [-0.3, -0.25) is 0 Å². The van der Waals surface area contributed by atoms with E-state index in [0.717, 1.165) is 21.3 Å². The van der Waals surface area contributed by atoms with Gasteiger partial charge in [-0.15, -0.1) is 0 Å². The van der Waals surface area contributed by atoms with Crippen molar-refractivity contribution in [1.29, 1.82) is 0 Å². The molecule has 8 nitrogen and oxygen atoms in total. The van der Waals surface area contributed by atoms with Crippen LogP contribution in [0.25, 0.3) is 0 Å². The summed E-state index contributed by atoms with van der Waals surface area (Å²) in [7, 11) is 0. The van der Waals surface area contributed by atoms with Crippen molar-refractivity contribution >= 4 is 20.2 Å². The van der Waals surface area contributed by atoms with Crippen LogP contribution in [0.3, 0.4) is 0 Å². The van der Waals surface area contributed by atoms with Crippen LogP contribution in [0.15, 0.2) is 43.7 Å². The Hall–Kier alpha value is -2.25. The zero-order chi connectivity index (χ0) is 13.3. The van der Waals surface area contributed by atoms with E-state index < -0.39 is 22.5 Å². The van der Waals surface area contributed by atoms with E-state index in [1.807, 2.05) is 9.97 Å². The molecule has 0 aliphatic heterocycles. The molecule has 0 amide bonds. The third-order valence-electron chi connectivity index (χ3n) is 2.06. The normalized spacial score (nSPS) is 10.2. The van der Waals surface area contributed by atoms with Crippen LogP contribution in [0.5, 0.6) is 0 Å². The third kappa shape index (κ3) is 2.22. The van der Waals surface area contributed by atoms with Crippen LogP contribution in [0.1, 0.15) is 0 Å². The van der Waals surface area contributed by atoms with Gasteiger partial charge in [0.2, 0.25) is 0 Å². The van der Waals surface area contributed by atoms with Crippen molar-refractivity contribution in [2.45, 2.75) is 0 Å². The zero-order valence-electron chi connectivity index (χ0n) is 8.75. The second-order valence-corrected chi connectivity index (χ2v) is 4.01. The van der Waals surface area contributed by atoms with Gasteiger partial charge in [0.25, 0.3) is 0 Å². The number of nitrogens with zero attached hydrogens (tertiary/aromatic N) is 2. The first-order valence-electron chi connectivity index (χ1n) is 4.68. The van der Waals surface area contributed by atoms with Crippen molar-refractivity contribution in [3.8, 4) is 0 Å². The molecule has 92 valence electrons. The van der Waals surface area contributed by atoms with E-state index in [4.69, 9.17) is 0 Å². The molecule has 2 heterocycles. The predicted molar refractivity (Wildman–Crippen MR) is 64.2 cm³/mol. The van der Waals surface area contributed by atoms with E-state index in [9.17, 15) is 19.2 Å². The van der Waals surface area contributed by atoms with Crippen LogP contribution >= 0.6 is 0 Å².